The minimum Gasteiger partial charge on any atom is -0.477 e. The second-order valence-corrected chi connectivity index (χ2v) is 5.70. The Morgan fingerprint density at radius 1 is 1.26 bits per heavy atom. The summed E-state index contributed by atoms with van der Waals surface area (Å²) in [6.07, 6.45) is 2.55. The molecule has 6 nitrogen and oxygen atoms in total. The molecule has 23 heavy (non-hydrogen) atoms. The quantitative estimate of drug-likeness (QED) is 0.757. The van der Waals surface area contributed by atoms with Crippen LogP contribution in [0.4, 0.5) is 4.39 Å². The van der Waals surface area contributed by atoms with E-state index in [0.29, 0.717) is 21.2 Å². The van der Waals surface area contributed by atoms with Crippen molar-refractivity contribution in [3.8, 4) is 0 Å². The highest BCUT2D eigenvalue weighted by Crippen LogP contribution is 2.18. The standard InChI is InChI=1S/C15H9BrFN3O3/c16-9-3-8-4-12(15(22)23)14(21)20(13(8)19-5-9)7-11-2-1-10(17)6-18-11/h1-6H,7H2,(H,22,23). The third-order valence-electron chi connectivity index (χ3n) is 3.23. The maximum absolute atomic E-state index is 12.9. The largest absolute Gasteiger partial charge is 0.477 e. The van der Waals surface area contributed by atoms with E-state index in [1.165, 1.54) is 29.0 Å². The average molecular weight is 378 g/mol. The zero-order valence-corrected chi connectivity index (χ0v) is 13.1. The van der Waals surface area contributed by atoms with Gasteiger partial charge in [0.1, 0.15) is 17.0 Å². The molecule has 0 radical (unpaired) electrons. The Balaban J connectivity index is 2.24. The number of pyridine rings is 3. The van der Waals surface area contributed by atoms with Gasteiger partial charge in [-0.3, -0.25) is 14.3 Å². The summed E-state index contributed by atoms with van der Waals surface area (Å²) in [6, 6.07) is 5.61. The molecule has 3 aromatic heterocycles. The first-order valence-electron chi connectivity index (χ1n) is 6.48. The van der Waals surface area contributed by atoms with Crippen molar-refractivity contribution in [2.45, 2.75) is 6.54 Å². The molecule has 0 amide bonds. The summed E-state index contributed by atoms with van der Waals surface area (Å²) in [5, 5.41) is 9.71. The Kier molecular flexibility index (Phi) is 3.91. The van der Waals surface area contributed by atoms with Crippen LogP contribution in [0.3, 0.4) is 0 Å². The molecule has 0 unspecified atom stereocenters. The summed E-state index contributed by atoms with van der Waals surface area (Å²) in [4.78, 5) is 31.8. The molecule has 0 aromatic carbocycles. The number of nitrogens with zero attached hydrogens (tertiary/aromatic N) is 3. The number of aromatic carboxylic acids is 1. The number of halogens is 2. The summed E-state index contributed by atoms with van der Waals surface area (Å²) in [6.45, 7) is -0.00857. The summed E-state index contributed by atoms with van der Waals surface area (Å²) in [7, 11) is 0. The molecule has 1 N–H and O–H groups in total. The monoisotopic (exact) mass is 377 g/mol. The summed E-state index contributed by atoms with van der Waals surface area (Å²) < 4.78 is 14.8. The van der Waals surface area contributed by atoms with Crippen molar-refractivity contribution in [3.63, 3.8) is 0 Å². The van der Waals surface area contributed by atoms with Crippen LogP contribution in [0.1, 0.15) is 16.1 Å². The number of carboxylic acids is 1. The fourth-order valence-corrected chi connectivity index (χ4v) is 2.55. The van der Waals surface area contributed by atoms with Crippen LogP contribution >= 0.6 is 15.9 Å². The lowest BCUT2D eigenvalue weighted by molar-refractivity contribution is 0.0694. The van der Waals surface area contributed by atoms with Gasteiger partial charge in [0.25, 0.3) is 5.56 Å². The Morgan fingerprint density at radius 2 is 2.04 bits per heavy atom. The van der Waals surface area contributed by atoms with Gasteiger partial charge in [-0.25, -0.2) is 14.2 Å². The maximum Gasteiger partial charge on any atom is 0.341 e. The third kappa shape index (κ3) is 2.98. The third-order valence-corrected chi connectivity index (χ3v) is 3.67. The van der Waals surface area contributed by atoms with Gasteiger partial charge in [0, 0.05) is 16.1 Å². The fourth-order valence-electron chi connectivity index (χ4n) is 2.20. The number of hydrogen-bond acceptors (Lipinski definition) is 4. The SMILES string of the molecule is O=C(O)c1cc2cc(Br)cnc2n(Cc2ccc(F)cn2)c1=O. The van der Waals surface area contributed by atoms with E-state index in [-0.39, 0.29) is 12.1 Å². The predicted octanol–water partition coefficient (Wildman–Crippen LogP) is 2.44. The molecule has 0 aliphatic heterocycles. The Morgan fingerprint density at radius 3 is 2.70 bits per heavy atom. The zero-order valence-electron chi connectivity index (χ0n) is 11.5. The van der Waals surface area contributed by atoms with Gasteiger partial charge >= 0.3 is 5.97 Å². The molecule has 0 saturated heterocycles. The van der Waals surface area contributed by atoms with Crippen molar-refractivity contribution in [2.24, 2.45) is 0 Å². The highest BCUT2D eigenvalue weighted by molar-refractivity contribution is 9.10. The topological polar surface area (TPSA) is 85.1 Å². The smallest absolute Gasteiger partial charge is 0.341 e. The van der Waals surface area contributed by atoms with Crippen LogP contribution < -0.4 is 5.56 Å². The van der Waals surface area contributed by atoms with Crippen molar-refractivity contribution < 1.29 is 14.3 Å². The van der Waals surface area contributed by atoms with Crippen LogP contribution in [0.25, 0.3) is 11.0 Å². The van der Waals surface area contributed by atoms with Crippen molar-refractivity contribution in [2.75, 3.05) is 0 Å². The van der Waals surface area contributed by atoms with Crippen molar-refractivity contribution in [1.82, 2.24) is 14.5 Å². The lowest BCUT2D eigenvalue weighted by atomic mass is 10.2. The molecule has 0 atom stereocenters. The molecule has 0 saturated carbocycles. The van der Waals surface area contributed by atoms with Gasteiger partial charge in [-0.15, -0.1) is 0 Å². The van der Waals surface area contributed by atoms with E-state index in [0.717, 1.165) is 6.20 Å². The van der Waals surface area contributed by atoms with E-state index >= 15 is 0 Å². The molecule has 0 aliphatic rings. The predicted molar refractivity (Wildman–Crippen MR) is 84.0 cm³/mol. The van der Waals surface area contributed by atoms with Crippen LogP contribution in [0.5, 0.6) is 0 Å². The lowest BCUT2D eigenvalue weighted by Gasteiger charge is -2.10. The molecule has 0 bridgehead atoms. The number of hydrogen-bond donors (Lipinski definition) is 1. The van der Waals surface area contributed by atoms with Crippen LogP contribution in [0.15, 0.2) is 45.9 Å². The summed E-state index contributed by atoms with van der Waals surface area (Å²) in [5.41, 5.74) is -0.304. The molecule has 3 aromatic rings. The lowest BCUT2D eigenvalue weighted by Crippen LogP contribution is -2.27. The van der Waals surface area contributed by atoms with Gasteiger partial charge in [-0.1, -0.05) is 0 Å². The van der Waals surface area contributed by atoms with Crippen LogP contribution in [0, 0.1) is 5.82 Å². The highest BCUT2D eigenvalue weighted by atomic mass is 79.9. The molecule has 116 valence electrons. The number of rotatable bonds is 3. The maximum atomic E-state index is 12.9. The number of carboxylic acid groups (broad SMARTS) is 1. The number of aromatic nitrogens is 3. The number of fused-ring (bicyclic) bond motifs is 1. The van der Waals surface area contributed by atoms with E-state index in [2.05, 4.69) is 25.9 Å². The normalized spacial score (nSPS) is 10.9. The molecule has 0 fully saturated rings. The van der Waals surface area contributed by atoms with Gasteiger partial charge in [-0.05, 0) is 40.2 Å². The molecule has 8 heteroatoms. The van der Waals surface area contributed by atoms with Gasteiger partial charge < -0.3 is 5.11 Å². The molecule has 0 aliphatic carbocycles. The van der Waals surface area contributed by atoms with Crippen LogP contribution in [0.2, 0.25) is 0 Å². The molecular formula is C15H9BrFN3O3. The van der Waals surface area contributed by atoms with Crippen molar-refractivity contribution in [3.05, 3.63) is 68.6 Å². The summed E-state index contributed by atoms with van der Waals surface area (Å²) >= 11 is 3.26. The van der Waals surface area contributed by atoms with E-state index in [4.69, 9.17) is 0 Å². The van der Waals surface area contributed by atoms with Gasteiger partial charge in [0.2, 0.25) is 0 Å². The van der Waals surface area contributed by atoms with Crippen molar-refractivity contribution >= 4 is 32.9 Å². The second kappa shape index (κ2) is 5.88. The second-order valence-electron chi connectivity index (χ2n) is 4.79. The van der Waals surface area contributed by atoms with Crippen molar-refractivity contribution in [1.29, 1.82) is 0 Å². The van der Waals surface area contributed by atoms with E-state index in [1.54, 1.807) is 6.07 Å². The fraction of sp³-hybridized carbons (Fsp3) is 0.0667. The zero-order chi connectivity index (χ0) is 16.6. The molecule has 0 spiro atoms. The first kappa shape index (κ1) is 15.3. The van der Waals surface area contributed by atoms with E-state index in [9.17, 15) is 19.1 Å². The molecule has 3 rings (SSSR count). The minimum atomic E-state index is -1.32. The minimum absolute atomic E-state index is 0.00857. The molecule has 3 heterocycles. The first-order chi connectivity index (χ1) is 11.0. The van der Waals surface area contributed by atoms with Gasteiger partial charge in [-0.2, -0.15) is 0 Å². The summed E-state index contributed by atoms with van der Waals surface area (Å²) in [5.74, 6) is -1.81. The Hall–Kier alpha value is -2.61. The highest BCUT2D eigenvalue weighted by Gasteiger charge is 2.16. The number of carbonyl (C=O) groups is 1. The first-order valence-corrected chi connectivity index (χ1v) is 7.28. The Labute approximate surface area is 137 Å². The average Bonchev–Trinajstić information content (AvgIpc) is 2.51. The van der Waals surface area contributed by atoms with Crippen LogP contribution in [-0.2, 0) is 6.54 Å². The molecular weight excluding hydrogens is 369 g/mol. The Bertz CT molecular complexity index is 970. The van der Waals surface area contributed by atoms with E-state index in [1.807, 2.05) is 0 Å². The van der Waals surface area contributed by atoms with E-state index < -0.39 is 17.3 Å². The van der Waals surface area contributed by atoms with Crippen LogP contribution in [-0.4, -0.2) is 25.6 Å². The van der Waals surface area contributed by atoms with Gasteiger partial charge in [0.15, 0.2) is 0 Å². The van der Waals surface area contributed by atoms with Gasteiger partial charge in [0.05, 0.1) is 18.4 Å².